The highest BCUT2D eigenvalue weighted by atomic mass is 31.3. The molecule has 252 valence electrons. The van der Waals surface area contributed by atoms with Crippen molar-refractivity contribution in [2.24, 2.45) is 13.5 Å². The molecule has 0 saturated heterocycles. The second kappa shape index (κ2) is 18.1. The summed E-state index contributed by atoms with van der Waals surface area (Å²) in [5, 5.41) is 0. The van der Waals surface area contributed by atoms with Crippen molar-refractivity contribution in [2.75, 3.05) is 12.3 Å². The number of unbranched alkanes of at least 4 members (excludes halogenated alkanes) is 6. The van der Waals surface area contributed by atoms with E-state index < -0.39 is 22.5 Å². The van der Waals surface area contributed by atoms with E-state index in [1.54, 1.807) is 0 Å². The van der Waals surface area contributed by atoms with E-state index in [-0.39, 0.29) is 0 Å². The molecule has 5 rings (SSSR count). The molecule has 0 amide bonds. The van der Waals surface area contributed by atoms with Crippen molar-refractivity contribution < 1.29 is 18.1 Å². The predicted octanol–water partition coefficient (Wildman–Crippen LogP) is 13.8. The summed E-state index contributed by atoms with van der Waals surface area (Å²) in [5.74, 6) is 2.63. The van der Waals surface area contributed by atoms with E-state index in [1.807, 2.05) is 133 Å². The Morgan fingerprint density at radius 3 is 1.15 bits per heavy atom. The van der Waals surface area contributed by atoms with Gasteiger partial charge in [0.1, 0.15) is 23.0 Å². The Bertz CT molecular complexity index is 1640. The van der Waals surface area contributed by atoms with Gasteiger partial charge in [-0.2, -0.15) is 4.52 Å². The van der Waals surface area contributed by atoms with E-state index in [4.69, 9.17) is 31.6 Å². The summed E-state index contributed by atoms with van der Waals surface area (Å²) >= 11 is 0. The molecule has 0 spiro atoms. The quantitative estimate of drug-likeness (QED) is 0.0522. The minimum Gasteiger partial charge on any atom is -0.441 e. The summed E-state index contributed by atoms with van der Waals surface area (Å²) in [6.45, 7) is 7.82. The third-order valence-electron chi connectivity index (χ3n) is 7.43. The van der Waals surface area contributed by atoms with E-state index in [9.17, 15) is 0 Å². The monoisotopic (exact) mass is 701 g/mol. The maximum Gasteiger partial charge on any atom is 0.455 e. The fourth-order valence-corrected chi connectivity index (χ4v) is 16.9. The smallest absolute Gasteiger partial charge is 0.441 e. The van der Waals surface area contributed by atoms with Crippen molar-refractivity contribution in [3.05, 3.63) is 147 Å². The van der Waals surface area contributed by atoms with Gasteiger partial charge < -0.3 is 18.1 Å². The summed E-state index contributed by atoms with van der Waals surface area (Å²) < 4.78 is 44.4. The predicted molar refractivity (Wildman–Crippen MR) is 203 cm³/mol. The first kappa shape index (κ1) is 35.6. The molecule has 4 aromatic carbocycles. The van der Waals surface area contributed by atoms with Crippen molar-refractivity contribution in [3.63, 3.8) is 0 Å². The number of hydrogen-bond acceptors (Lipinski definition) is 7. The van der Waals surface area contributed by atoms with Crippen LogP contribution >= 0.6 is 22.5 Å². The lowest BCUT2D eigenvalue weighted by Crippen LogP contribution is -2.09. The maximum atomic E-state index is 7.02. The molecule has 1 aliphatic rings. The molecule has 0 fully saturated rings. The van der Waals surface area contributed by atoms with Crippen molar-refractivity contribution in [1.29, 1.82) is 0 Å². The molecule has 1 heterocycles. The molecule has 10 heteroatoms. The molecule has 2 unspecified atom stereocenters. The number of hydrogen-bond donors (Lipinski definition) is 0. The SMILES string of the molecule is C=CCCCCCP1(Oc2ccccc2)=NP(CCCCCC=C)(Oc2ccccc2)=NP(Oc2ccccc2)(Oc2ccccc2)=N1. The minimum atomic E-state index is -3.50. The lowest BCUT2D eigenvalue weighted by atomic mass is 10.2. The van der Waals surface area contributed by atoms with Crippen LogP contribution in [0.4, 0.5) is 0 Å². The van der Waals surface area contributed by atoms with Gasteiger partial charge in [-0.05, 0) is 87.1 Å². The highest BCUT2D eigenvalue weighted by Crippen LogP contribution is 2.78. The van der Waals surface area contributed by atoms with Crippen molar-refractivity contribution in [3.8, 4) is 23.0 Å². The zero-order chi connectivity index (χ0) is 33.4. The molecule has 1 aliphatic heterocycles. The van der Waals surface area contributed by atoms with Gasteiger partial charge >= 0.3 is 7.66 Å². The summed E-state index contributed by atoms with van der Waals surface area (Å²) in [7, 11) is -9.58. The topological polar surface area (TPSA) is 74.0 Å². The molecule has 7 nitrogen and oxygen atoms in total. The van der Waals surface area contributed by atoms with Crippen LogP contribution in [0.2, 0.25) is 0 Å². The third-order valence-corrected chi connectivity index (χ3v) is 17.4. The Morgan fingerprint density at radius 1 is 0.417 bits per heavy atom. The summed E-state index contributed by atoms with van der Waals surface area (Å²) in [6.07, 6.45) is 12.8. The molecular weight excluding hydrogens is 655 g/mol. The fourth-order valence-electron chi connectivity index (χ4n) is 5.16. The van der Waals surface area contributed by atoms with Crippen LogP contribution in [0.15, 0.2) is 160 Å². The van der Waals surface area contributed by atoms with Crippen LogP contribution in [0, 0.1) is 0 Å². The van der Waals surface area contributed by atoms with Crippen LogP contribution in [0.1, 0.15) is 51.4 Å². The van der Waals surface area contributed by atoms with Crippen LogP contribution in [0.5, 0.6) is 23.0 Å². The lowest BCUT2D eigenvalue weighted by molar-refractivity contribution is 0.474. The molecule has 0 aliphatic carbocycles. The molecule has 0 N–H and O–H groups in total. The first-order chi connectivity index (χ1) is 23.6. The Kier molecular flexibility index (Phi) is 13.4. The first-order valence-electron chi connectivity index (χ1n) is 16.7. The van der Waals surface area contributed by atoms with Crippen LogP contribution < -0.4 is 18.1 Å². The van der Waals surface area contributed by atoms with Gasteiger partial charge in [0.25, 0.3) is 14.9 Å². The molecule has 4 aromatic rings. The largest absolute Gasteiger partial charge is 0.455 e. The third kappa shape index (κ3) is 10.6. The number of allylic oxidation sites excluding steroid dienone is 2. The highest BCUT2D eigenvalue weighted by molar-refractivity contribution is 7.82. The zero-order valence-corrected chi connectivity index (χ0v) is 30.2. The van der Waals surface area contributed by atoms with Crippen LogP contribution in [-0.2, 0) is 0 Å². The number of benzene rings is 4. The lowest BCUT2D eigenvalue weighted by Gasteiger charge is -2.35. The normalized spacial score (nSPS) is 19.4. The summed E-state index contributed by atoms with van der Waals surface area (Å²) in [6, 6.07) is 39.0. The standard InChI is InChI=1S/C38H46N3O4P3/c1-3-5-7-9-23-33-46(42-35-25-15-11-16-26-35)39-47(34-24-10-8-6-4-2,43-36-27-17-12-18-28-36)41-48(40-46,44-37-29-19-13-20-30-37)45-38-31-21-14-22-32-38/h3-4,11-22,25-32H,1-2,5-10,23-24,33-34H2. The van der Waals surface area contributed by atoms with Gasteiger partial charge in [0.15, 0.2) is 0 Å². The Balaban J connectivity index is 1.75. The second-order valence-corrected chi connectivity index (χ2v) is 18.8. The molecule has 0 aromatic heterocycles. The van der Waals surface area contributed by atoms with Crippen LogP contribution in [0.25, 0.3) is 0 Å². The molecule has 0 saturated carbocycles. The summed E-state index contributed by atoms with van der Waals surface area (Å²) in [4.78, 5) is 0. The van der Waals surface area contributed by atoms with Gasteiger partial charge in [-0.3, -0.25) is 0 Å². The molecule has 2 atom stereocenters. The fraction of sp³-hybridized carbons (Fsp3) is 0.263. The van der Waals surface area contributed by atoms with Crippen LogP contribution in [0.3, 0.4) is 0 Å². The van der Waals surface area contributed by atoms with Gasteiger partial charge in [-0.25, -0.2) is 0 Å². The Hall–Kier alpha value is -3.75. The van der Waals surface area contributed by atoms with Crippen molar-refractivity contribution >= 4 is 22.5 Å². The van der Waals surface area contributed by atoms with E-state index in [1.165, 1.54) is 0 Å². The maximum absolute atomic E-state index is 7.02. The highest BCUT2D eigenvalue weighted by Gasteiger charge is 2.44. The van der Waals surface area contributed by atoms with Gasteiger partial charge in [0, 0.05) is 12.3 Å². The van der Waals surface area contributed by atoms with Crippen LogP contribution in [-0.4, -0.2) is 12.3 Å². The Morgan fingerprint density at radius 2 is 0.771 bits per heavy atom. The van der Waals surface area contributed by atoms with Gasteiger partial charge in [-0.1, -0.05) is 97.8 Å². The minimum absolute atomic E-state index is 0.614. The summed E-state index contributed by atoms with van der Waals surface area (Å²) in [5.41, 5.74) is 0. The zero-order valence-electron chi connectivity index (χ0n) is 27.5. The van der Waals surface area contributed by atoms with E-state index in [0.717, 1.165) is 51.4 Å². The second-order valence-electron chi connectivity index (χ2n) is 11.4. The number of para-hydroxylation sites is 4. The Labute approximate surface area is 286 Å². The van der Waals surface area contributed by atoms with Gasteiger partial charge in [-0.15, -0.1) is 22.2 Å². The van der Waals surface area contributed by atoms with Crippen molar-refractivity contribution in [1.82, 2.24) is 0 Å². The average Bonchev–Trinajstić information content (AvgIpc) is 3.09. The number of rotatable bonds is 20. The molecule has 0 bridgehead atoms. The van der Waals surface area contributed by atoms with E-state index in [2.05, 4.69) is 13.2 Å². The first-order valence-corrected chi connectivity index (χ1v) is 21.8. The van der Waals surface area contributed by atoms with E-state index >= 15 is 0 Å². The van der Waals surface area contributed by atoms with Crippen molar-refractivity contribution in [2.45, 2.75) is 51.4 Å². The number of nitrogens with zero attached hydrogens (tertiary/aromatic N) is 3. The van der Waals surface area contributed by atoms with E-state index in [0.29, 0.717) is 35.3 Å². The molecular formula is C38H46N3O4P3. The molecule has 0 radical (unpaired) electrons. The molecule has 48 heavy (non-hydrogen) atoms. The van der Waals surface area contributed by atoms with Gasteiger partial charge in [0.2, 0.25) is 0 Å². The average molecular weight is 702 g/mol. The van der Waals surface area contributed by atoms with Gasteiger partial charge in [0.05, 0.1) is 0 Å².